The van der Waals surface area contributed by atoms with Gasteiger partial charge in [-0.25, -0.2) is 0 Å². The summed E-state index contributed by atoms with van der Waals surface area (Å²) in [5.74, 6) is 0.178. The van der Waals surface area contributed by atoms with Gasteiger partial charge in [-0.15, -0.1) is 0 Å². The fraction of sp³-hybridized carbons (Fsp3) is 0.917. The monoisotopic (exact) mass is 244 g/mol. The van der Waals surface area contributed by atoms with E-state index in [9.17, 15) is 4.79 Å². The highest BCUT2D eigenvalue weighted by atomic mass is 28.4. The molecule has 0 heterocycles. The molecule has 94 valence electrons. The van der Waals surface area contributed by atoms with E-state index in [-0.39, 0.29) is 17.6 Å². The summed E-state index contributed by atoms with van der Waals surface area (Å²) in [5, 5.41) is 0. The summed E-state index contributed by atoms with van der Waals surface area (Å²) < 4.78 is 11.5. The maximum absolute atomic E-state index is 11.6. The molecule has 16 heavy (non-hydrogen) atoms. The second-order valence-electron chi connectivity index (χ2n) is 5.06. The molecule has 0 saturated heterocycles. The molecule has 0 radical (unpaired) electrons. The topological polar surface area (TPSA) is 35.5 Å². The van der Waals surface area contributed by atoms with Crippen molar-refractivity contribution >= 4 is 14.3 Å². The molecule has 1 saturated carbocycles. The smallest absolute Gasteiger partial charge is 0.308 e. The molecule has 0 amide bonds. The quantitative estimate of drug-likeness (QED) is 0.510. The van der Waals surface area contributed by atoms with Crippen LogP contribution in [0.4, 0.5) is 0 Å². The standard InChI is InChI=1S/C12H24O3Si/c1-5-9-14-16(3,4)11(6-2)15-12(13)10-7-8-10/h10-11H,5-9H2,1-4H3. The highest BCUT2D eigenvalue weighted by molar-refractivity contribution is 6.72. The lowest BCUT2D eigenvalue weighted by Gasteiger charge is -2.31. The van der Waals surface area contributed by atoms with Crippen molar-refractivity contribution in [2.45, 2.75) is 58.4 Å². The van der Waals surface area contributed by atoms with Gasteiger partial charge in [0, 0.05) is 6.61 Å². The van der Waals surface area contributed by atoms with Crippen molar-refractivity contribution in [2.75, 3.05) is 6.61 Å². The average Bonchev–Trinajstić information content (AvgIpc) is 3.06. The molecule has 1 rings (SSSR count). The molecular formula is C12H24O3Si. The molecule has 1 aliphatic rings. The summed E-state index contributed by atoms with van der Waals surface area (Å²) in [4.78, 5) is 11.6. The predicted molar refractivity (Wildman–Crippen MR) is 66.6 cm³/mol. The van der Waals surface area contributed by atoms with Gasteiger partial charge in [0.1, 0.15) is 5.73 Å². The molecule has 1 atom stereocenters. The minimum atomic E-state index is -1.88. The molecule has 0 bridgehead atoms. The van der Waals surface area contributed by atoms with Crippen LogP contribution in [0.25, 0.3) is 0 Å². The molecule has 3 nitrogen and oxygen atoms in total. The molecule has 4 heteroatoms. The second kappa shape index (κ2) is 5.82. The number of hydrogen-bond acceptors (Lipinski definition) is 3. The molecule has 1 fully saturated rings. The Labute approximate surface area is 99.6 Å². The molecule has 0 N–H and O–H groups in total. The van der Waals surface area contributed by atoms with E-state index < -0.39 is 8.32 Å². The van der Waals surface area contributed by atoms with E-state index in [1.165, 1.54) is 0 Å². The Morgan fingerprint density at radius 1 is 1.38 bits per heavy atom. The van der Waals surface area contributed by atoms with Crippen molar-refractivity contribution in [1.82, 2.24) is 0 Å². The number of hydrogen-bond donors (Lipinski definition) is 0. The van der Waals surface area contributed by atoms with Crippen molar-refractivity contribution in [1.29, 1.82) is 0 Å². The highest BCUT2D eigenvalue weighted by Crippen LogP contribution is 2.31. The Bertz CT molecular complexity index is 236. The molecule has 0 aliphatic heterocycles. The van der Waals surface area contributed by atoms with Crippen LogP contribution in [-0.4, -0.2) is 26.6 Å². The van der Waals surface area contributed by atoms with Crippen LogP contribution in [-0.2, 0) is 14.0 Å². The Morgan fingerprint density at radius 2 is 2.00 bits per heavy atom. The van der Waals surface area contributed by atoms with Crippen LogP contribution in [0.5, 0.6) is 0 Å². The lowest BCUT2D eigenvalue weighted by molar-refractivity contribution is -0.148. The zero-order valence-corrected chi connectivity index (χ0v) is 11.9. The first-order valence-electron chi connectivity index (χ1n) is 6.35. The van der Waals surface area contributed by atoms with Crippen LogP contribution in [0, 0.1) is 5.92 Å². The van der Waals surface area contributed by atoms with Crippen molar-refractivity contribution in [3.05, 3.63) is 0 Å². The molecule has 1 unspecified atom stereocenters. The molecule has 1 aliphatic carbocycles. The van der Waals surface area contributed by atoms with E-state index in [1.807, 2.05) is 0 Å². The van der Waals surface area contributed by atoms with E-state index in [4.69, 9.17) is 9.16 Å². The van der Waals surface area contributed by atoms with Gasteiger partial charge in [0.15, 0.2) is 0 Å². The third kappa shape index (κ3) is 3.90. The number of esters is 1. The molecule has 0 spiro atoms. The lowest BCUT2D eigenvalue weighted by atomic mass is 10.4. The maximum Gasteiger partial charge on any atom is 0.308 e. The first-order chi connectivity index (χ1) is 7.51. The number of ether oxygens (including phenoxy) is 1. The Morgan fingerprint density at radius 3 is 2.44 bits per heavy atom. The van der Waals surface area contributed by atoms with E-state index in [1.54, 1.807) is 0 Å². The lowest BCUT2D eigenvalue weighted by Crippen LogP contribution is -2.47. The molecule has 0 aromatic rings. The Kier molecular flexibility index (Phi) is 4.99. The molecule has 0 aromatic carbocycles. The van der Waals surface area contributed by atoms with E-state index in [0.29, 0.717) is 0 Å². The van der Waals surface area contributed by atoms with Gasteiger partial charge in [-0.1, -0.05) is 13.8 Å². The number of carbonyl (C=O) groups excluding carboxylic acids is 1. The maximum atomic E-state index is 11.6. The molecule has 0 aromatic heterocycles. The third-order valence-corrected chi connectivity index (χ3v) is 6.02. The summed E-state index contributed by atoms with van der Waals surface area (Å²) in [6.07, 6.45) is 3.89. The van der Waals surface area contributed by atoms with Crippen molar-refractivity contribution in [2.24, 2.45) is 5.92 Å². The minimum absolute atomic E-state index is 0.00662. The van der Waals surface area contributed by atoms with Crippen LogP contribution in [0.1, 0.15) is 39.5 Å². The first-order valence-corrected chi connectivity index (χ1v) is 9.34. The SMILES string of the molecule is CCCO[Si](C)(C)C(CC)OC(=O)C1CC1. The van der Waals surface area contributed by atoms with Crippen LogP contribution in [0.3, 0.4) is 0 Å². The second-order valence-corrected chi connectivity index (χ2v) is 9.20. The van der Waals surface area contributed by atoms with Crippen molar-refractivity contribution in [3.8, 4) is 0 Å². The summed E-state index contributed by atoms with van der Waals surface area (Å²) in [7, 11) is -1.88. The van der Waals surface area contributed by atoms with E-state index in [0.717, 1.165) is 32.3 Å². The van der Waals surface area contributed by atoms with Gasteiger partial charge in [-0.3, -0.25) is 4.79 Å². The number of rotatable bonds is 7. The van der Waals surface area contributed by atoms with Crippen molar-refractivity contribution in [3.63, 3.8) is 0 Å². The van der Waals surface area contributed by atoms with Gasteiger partial charge in [0.05, 0.1) is 5.92 Å². The highest BCUT2D eigenvalue weighted by Gasteiger charge is 2.39. The van der Waals surface area contributed by atoms with Crippen LogP contribution >= 0.6 is 0 Å². The van der Waals surface area contributed by atoms with Gasteiger partial charge >= 0.3 is 5.97 Å². The van der Waals surface area contributed by atoms with Gasteiger partial charge in [0.2, 0.25) is 8.32 Å². The summed E-state index contributed by atoms with van der Waals surface area (Å²) in [5.41, 5.74) is 0.00662. The fourth-order valence-corrected chi connectivity index (χ4v) is 4.03. The Hall–Kier alpha value is -0.353. The van der Waals surface area contributed by atoms with Crippen LogP contribution in [0.15, 0.2) is 0 Å². The van der Waals surface area contributed by atoms with E-state index >= 15 is 0 Å². The Balaban J connectivity index is 2.46. The third-order valence-electron chi connectivity index (χ3n) is 2.99. The average molecular weight is 244 g/mol. The van der Waals surface area contributed by atoms with Crippen molar-refractivity contribution < 1.29 is 14.0 Å². The number of carbonyl (C=O) groups is 1. The summed E-state index contributed by atoms with van der Waals surface area (Å²) >= 11 is 0. The largest absolute Gasteiger partial charge is 0.463 e. The van der Waals surface area contributed by atoms with E-state index in [2.05, 4.69) is 26.9 Å². The molecular weight excluding hydrogens is 220 g/mol. The first kappa shape index (κ1) is 13.7. The summed E-state index contributed by atoms with van der Waals surface area (Å²) in [6.45, 7) is 9.21. The van der Waals surface area contributed by atoms with Gasteiger partial charge in [-0.2, -0.15) is 0 Å². The van der Waals surface area contributed by atoms with Crippen LogP contribution in [0.2, 0.25) is 13.1 Å². The van der Waals surface area contributed by atoms with Crippen LogP contribution < -0.4 is 0 Å². The fourth-order valence-electron chi connectivity index (χ4n) is 1.73. The predicted octanol–water partition coefficient (Wildman–Crippen LogP) is 2.89. The zero-order valence-electron chi connectivity index (χ0n) is 10.9. The van der Waals surface area contributed by atoms with Gasteiger partial charge in [0.25, 0.3) is 0 Å². The van der Waals surface area contributed by atoms with Gasteiger partial charge < -0.3 is 9.16 Å². The van der Waals surface area contributed by atoms with Gasteiger partial charge in [-0.05, 0) is 38.8 Å². The minimum Gasteiger partial charge on any atom is -0.463 e. The normalized spacial score (nSPS) is 18.2. The summed E-state index contributed by atoms with van der Waals surface area (Å²) in [6, 6.07) is 0. The zero-order chi connectivity index (χ0) is 12.2.